The monoisotopic (exact) mass is 463 g/mol. The van der Waals surface area contributed by atoms with Gasteiger partial charge in [-0.25, -0.2) is 4.79 Å². The van der Waals surface area contributed by atoms with Gasteiger partial charge in [0.15, 0.2) is 16.9 Å². The summed E-state index contributed by atoms with van der Waals surface area (Å²) in [6.07, 6.45) is 1.35. The fourth-order valence-corrected chi connectivity index (χ4v) is 4.65. The van der Waals surface area contributed by atoms with Crippen LogP contribution >= 0.6 is 0 Å². The molecule has 0 bridgehead atoms. The molecule has 0 spiro atoms. The van der Waals surface area contributed by atoms with E-state index in [0.717, 1.165) is 5.56 Å². The Morgan fingerprint density at radius 3 is 2.50 bits per heavy atom. The third kappa shape index (κ3) is 4.35. The number of aromatic carboxylic acids is 1. The van der Waals surface area contributed by atoms with Crippen LogP contribution in [-0.2, 0) is 4.79 Å². The van der Waals surface area contributed by atoms with E-state index in [9.17, 15) is 19.5 Å². The second kappa shape index (κ2) is 9.59. The van der Waals surface area contributed by atoms with Gasteiger partial charge in [-0.3, -0.25) is 9.59 Å². The van der Waals surface area contributed by atoms with Gasteiger partial charge < -0.3 is 24.6 Å². The molecule has 178 valence electrons. The summed E-state index contributed by atoms with van der Waals surface area (Å²) in [6, 6.07) is 12.0. The number of amides is 1. The molecule has 0 saturated carbocycles. The van der Waals surface area contributed by atoms with E-state index < -0.39 is 5.97 Å². The lowest BCUT2D eigenvalue weighted by Crippen LogP contribution is -2.39. The van der Waals surface area contributed by atoms with Crippen LogP contribution in [0.4, 0.5) is 17.3 Å². The number of aryl methyl sites for hydroxylation is 1. The number of carboxylic acid groups (broad SMARTS) is 1. The number of hydrogen-bond donors (Lipinski definition) is 2. The maximum atomic E-state index is 13.1. The quantitative estimate of drug-likeness (QED) is 0.571. The Morgan fingerprint density at radius 1 is 1.15 bits per heavy atom. The minimum absolute atomic E-state index is 0.0352. The fraction of sp³-hybridized carbons (Fsp3) is 0.346. The van der Waals surface area contributed by atoms with Gasteiger partial charge in [0.1, 0.15) is 0 Å². The molecule has 8 nitrogen and oxygen atoms in total. The van der Waals surface area contributed by atoms with Gasteiger partial charge in [0.05, 0.1) is 22.3 Å². The van der Waals surface area contributed by atoms with E-state index in [-0.39, 0.29) is 22.8 Å². The Hall–Kier alpha value is -3.81. The Balaban J connectivity index is 1.81. The second-order valence-corrected chi connectivity index (χ2v) is 8.55. The number of carboxylic acids is 1. The van der Waals surface area contributed by atoms with Crippen molar-refractivity contribution in [1.82, 2.24) is 5.32 Å². The number of hydrogen-bond acceptors (Lipinski definition) is 6. The van der Waals surface area contributed by atoms with Crippen molar-refractivity contribution in [2.45, 2.75) is 26.7 Å². The van der Waals surface area contributed by atoms with Crippen LogP contribution in [0.5, 0.6) is 0 Å². The van der Waals surface area contributed by atoms with Crippen LogP contribution in [0.25, 0.3) is 11.0 Å². The molecule has 0 aliphatic carbocycles. The third-order valence-electron chi connectivity index (χ3n) is 6.40. The van der Waals surface area contributed by atoms with E-state index in [2.05, 4.69) is 5.32 Å². The molecule has 1 aliphatic rings. The van der Waals surface area contributed by atoms with Crippen molar-refractivity contribution in [2.75, 3.05) is 36.5 Å². The molecule has 1 aliphatic heterocycles. The smallest absolute Gasteiger partial charge is 0.337 e. The highest BCUT2D eigenvalue weighted by Gasteiger charge is 2.27. The fourth-order valence-electron chi connectivity index (χ4n) is 4.65. The number of nitrogens with one attached hydrogen (secondary N) is 1. The SMILES string of the molecule is CCN(c1ccccc1C(=O)O)c1cc(C)cc2c(=O)cc(N3CCC(C(=O)NC)CC3)oc12. The number of nitrogens with zero attached hydrogens (tertiary/aromatic N) is 2. The lowest BCUT2D eigenvalue weighted by atomic mass is 9.96. The van der Waals surface area contributed by atoms with E-state index in [0.29, 0.717) is 60.7 Å². The largest absolute Gasteiger partial charge is 0.478 e. The predicted octanol–water partition coefficient (Wildman–Crippen LogP) is 3.92. The van der Waals surface area contributed by atoms with Crippen LogP contribution in [0, 0.1) is 12.8 Å². The number of para-hydroxylation sites is 1. The maximum Gasteiger partial charge on any atom is 0.337 e. The first-order valence-corrected chi connectivity index (χ1v) is 11.5. The lowest BCUT2D eigenvalue weighted by Gasteiger charge is -2.32. The molecule has 8 heteroatoms. The zero-order valence-electron chi connectivity index (χ0n) is 19.6. The predicted molar refractivity (Wildman–Crippen MR) is 132 cm³/mol. The van der Waals surface area contributed by atoms with Gasteiger partial charge in [-0.05, 0) is 56.5 Å². The van der Waals surface area contributed by atoms with Crippen molar-refractivity contribution >= 4 is 40.1 Å². The van der Waals surface area contributed by atoms with Crippen LogP contribution < -0.4 is 20.5 Å². The third-order valence-corrected chi connectivity index (χ3v) is 6.40. The van der Waals surface area contributed by atoms with Gasteiger partial charge in [-0.15, -0.1) is 0 Å². The molecule has 1 amide bonds. The summed E-state index contributed by atoms with van der Waals surface area (Å²) < 4.78 is 6.33. The first-order valence-electron chi connectivity index (χ1n) is 11.5. The summed E-state index contributed by atoms with van der Waals surface area (Å²) in [6.45, 7) is 5.52. The van der Waals surface area contributed by atoms with E-state index in [4.69, 9.17) is 4.42 Å². The Bertz CT molecular complexity index is 1290. The van der Waals surface area contributed by atoms with Gasteiger partial charge in [0.2, 0.25) is 5.91 Å². The average Bonchev–Trinajstić information content (AvgIpc) is 2.84. The van der Waals surface area contributed by atoms with Crippen molar-refractivity contribution in [3.05, 3.63) is 63.8 Å². The van der Waals surface area contributed by atoms with Gasteiger partial charge in [0.25, 0.3) is 0 Å². The molecule has 2 N–H and O–H groups in total. The molecule has 0 unspecified atom stereocenters. The highest BCUT2D eigenvalue weighted by atomic mass is 16.4. The van der Waals surface area contributed by atoms with Crippen LogP contribution in [0.2, 0.25) is 0 Å². The van der Waals surface area contributed by atoms with E-state index >= 15 is 0 Å². The van der Waals surface area contributed by atoms with Crippen molar-refractivity contribution in [2.24, 2.45) is 5.92 Å². The first kappa shape index (κ1) is 23.4. The molecule has 4 rings (SSSR count). The molecule has 2 aromatic carbocycles. The van der Waals surface area contributed by atoms with Gasteiger partial charge in [0, 0.05) is 38.7 Å². The van der Waals surface area contributed by atoms with E-state index in [1.54, 1.807) is 37.4 Å². The number of carbonyl (C=O) groups is 2. The molecule has 1 aromatic heterocycles. The van der Waals surface area contributed by atoms with Gasteiger partial charge in [-0.1, -0.05) is 12.1 Å². The molecule has 2 heterocycles. The number of piperidine rings is 1. The Kier molecular flexibility index (Phi) is 6.58. The molecule has 34 heavy (non-hydrogen) atoms. The number of carbonyl (C=O) groups excluding carboxylic acids is 1. The molecule has 1 fully saturated rings. The molecular weight excluding hydrogens is 434 g/mol. The van der Waals surface area contributed by atoms with Crippen molar-refractivity contribution in [3.8, 4) is 0 Å². The molecule has 3 aromatic rings. The summed E-state index contributed by atoms with van der Waals surface area (Å²) in [4.78, 5) is 40.8. The molecule has 1 saturated heterocycles. The number of fused-ring (bicyclic) bond motifs is 1. The van der Waals surface area contributed by atoms with Gasteiger partial charge in [-0.2, -0.15) is 0 Å². The molecular formula is C26H29N3O5. The second-order valence-electron chi connectivity index (χ2n) is 8.55. The minimum atomic E-state index is -1.02. The lowest BCUT2D eigenvalue weighted by molar-refractivity contribution is -0.125. The molecule has 0 radical (unpaired) electrons. The van der Waals surface area contributed by atoms with Crippen LogP contribution in [0.15, 0.2) is 51.7 Å². The topological polar surface area (TPSA) is 103 Å². The van der Waals surface area contributed by atoms with E-state index in [1.165, 1.54) is 6.07 Å². The van der Waals surface area contributed by atoms with Crippen molar-refractivity contribution in [1.29, 1.82) is 0 Å². The maximum absolute atomic E-state index is 13.1. The summed E-state index contributed by atoms with van der Waals surface area (Å²) in [5, 5.41) is 12.9. The Labute approximate surface area is 197 Å². The number of rotatable bonds is 6. The number of anilines is 3. The molecule has 0 atom stereocenters. The first-order chi connectivity index (χ1) is 16.3. The van der Waals surface area contributed by atoms with Crippen molar-refractivity contribution in [3.63, 3.8) is 0 Å². The standard InChI is InChI=1S/C26H29N3O5/c1-4-29(20-8-6-5-7-18(20)26(32)33)21-14-16(2)13-19-22(30)15-23(34-24(19)21)28-11-9-17(10-12-28)25(31)27-3/h5-8,13-15,17H,4,9-12H2,1-3H3,(H,27,31)(H,32,33). The Morgan fingerprint density at radius 2 is 1.85 bits per heavy atom. The van der Waals surface area contributed by atoms with Crippen molar-refractivity contribution < 1.29 is 19.1 Å². The zero-order valence-corrected chi connectivity index (χ0v) is 19.6. The number of benzene rings is 2. The summed E-state index contributed by atoms with van der Waals surface area (Å²) in [5.74, 6) is -0.574. The summed E-state index contributed by atoms with van der Waals surface area (Å²) in [5.41, 5.74) is 2.49. The average molecular weight is 464 g/mol. The van der Waals surface area contributed by atoms with Crippen LogP contribution in [0.1, 0.15) is 35.7 Å². The van der Waals surface area contributed by atoms with Gasteiger partial charge >= 0.3 is 5.97 Å². The van der Waals surface area contributed by atoms with E-state index in [1.807, 2.05) is 29.7 Å². The summed E-state index contributed by atoms with van der Waals surface area (Å²) >= 11 is 0. The highest BCUT2D eigenvalue weighted by molar-refractivity contribution is 5.99. The van der Waals surface area contributed by atoms with Crippen LogP contribution in [0.3, 0.4) is 0 Å². The highest BCUT2D eigenvalue weighted by Crippen LogP contribution is 2.36. The minimum Gasteiger partial charge on any atom is -0.478 e. The van der Waals surface area contributed by atoms with Crippen LogP contribution in [-0.4, -0.2) is 43.7 Å². The normalized spacial score (nSPS) is 14.3. The zero-order chi connectivity index (χ0) is 24.4. The summed E-state index contributed by atoms with van der Waals surface area (Å²) in [7, 11) is 1.64.